The first kappa shape index (κ1) is 8.77. The Morgan fingerprint density at radius 2 is 2.33 bits per heavy atom. The number of carbonyl (C=O) groups excluding carboxylic acids is 1. The smallest absolute Gasteiger partial charge is 0.243 e. The molecule has 0 saturated heterocycles. The molecule has 0 aliphatic carbocycles. The Morgan fingerprint density at radius 1 is 1.67 bits per heavy atom. The molecule has 4 heteroatoms. The van der Waals surface area contributed by atoms with Crippen molar-refractivity contribution in [2.24, 2.45) is 0 Å². The van der Waals surface area contributed by atoms with E-state index < -0.39 is 0 Å². The van der Waals surface area contributed by atoms with Gasteiger partial charge in [0.1, 0.15) is 0 Å². The Morgan fingerprint density at radius 3 is 2.75 bits per heavy atom. The van der Waals surface area contributed by atoms with Crippen molar-refractivity contribution in [3.8, 4) is 5.88 Å². The van der Waals surface area contributed by atoms with Crippen LogP contribution in [0.15, 0.2) is 12.3 Å². The highest BCUT2D eigenvalue weighted by atomic mass is 16.5. The van der Waals surface area contributed by atoms with Crippen molar-refractivity contribution < 1.29 is 9.53 Å². The van der Waals surface area contributed by atoms with Gasteiger partial charge in [-0.2, -0.15) is 0 Å². The second-order valence-electron chi connectivity index (χ2n) is 2.78. The van der Waals surface area contributed by atoms with Crippen LogP contribution >= 0.6 is 0 Å². The number of carbonyl (C=O) groups is 1. The van der Waals surface area contributed by atoms with Gasteiger partial charge in [0.2, 0.25) is 11.8 Å². The Labute approximate surface area is 71.1 Å². The fourth-order valence-electron chi connectivity index (χ4n) is 0.787. The number of hydrogen-bond acceptors (Lipinski definition) is 3. The van der Waals surface area contributed by atoms with Gasteiger partial charge in [-0.3, -0.25) is 4.79 Å². The van der Waals surface area contributed by atoms with Gasteiger partial charge in [-0.25, -0.2) is 4.68 Å². The van der Waals surface area contributed by atoms with Crippen LogP contribution in [0, 0.1) is 0 Å². The summed E-state index contributed by atoms with van der Waals surface area (Å²) in [5, 5.41) is 3.89. The number of rotatable bonds is 2. The van der Waals surface area contributed by atoms with Crippen LogP contribution in [0.5, 0.6) is 5.88 Å². The minimum atomic E-state index is -0.117. The van der Waals surface area contributed by atoms with Crippen molar-refractivity contribution in [3.63, 3.8) is 0 Å². The normalized spacial score (nSPS) is 10.3. The van der Waals surface area contributed by atoms with E-state index in [1.54, 1.807) is 12.3 Å². The number of aromatic nitrogens is 2. The average Bonchev–Trinajstić information content (AvgIpc) is 2.34. The quantitative estimate of drug-likeness (QED) is 0.669. The molecule has 0 N–H and O–H groups in total. The summed E-state index contributed by atoms with van der Waals surface area (Å²) in [7, 11) is 0. The van der Waals surface area contributed by atoms with E-state index in [1.165, 1.54) is 11.6 Å². The Balaban J connectivity index is 2.71. The monoisotopic (exact) mass is 168 g/mol. The first-order valence-corrected chi connectivity index (χ1v) is 3.83. The van der Waals surface area contributed by atoms with E-state index in [0.717, 1.165) is 0 Å². The first-order valence-electron chi connectivity index (χ1n) is 3.83. The van der Waals surface area contributed by atoms with Gasteiger partial charge >= 0.3 is 0 Å². The molecule has 1 heterocycles. The summed E-state index contributed by atoms with van der Waals surface area (Å²) in [6.45, 7) is 5.27. The molecule has 0 spiro atoms. The third-order valence-electron chi connectivity index (χ3n) is 1.24. The van der Waals surface area contributed by atoms with E-state index in [9.17, 15) is 4.79 Å². The minimum Gasteiger partial charge on any atom is -0.474 e. The van der Waals surface area contributed by atoms with Crippen molar-refractivity contribution in [3.05, 3.63) is 12.3 Å². The van der Waals surface area contributed by atoms with Gasteiger partial charge in [0.05, 0.1) is 6.10 Å². The molecule has 0 aliphatic rings. The van der Waals surface area contributed by atoms with E-state index in [1.807, 2.05) is 13.8 Å². The molecule has 0 saturated carbocycles. The molecule has 0 unspecified atom stereocenters. The van der Waals surface area contributed by atoms with Crippen molar-refractivity contribution in [1.82, 2.24) is 9.78 Å². The van der Waals surface area contributed by atoms with Gasteiger partial charge in [0.25, 0.3) is 0 Å². The fraction of sp³-hybridized carbons (Fsp3) is 0.500. The highest BCUT2D eigenvalue weighted by molar-refractivity contribution is 5.75. The van der Waals surface area contributed by atoms with Crippen LogP contribution in [0.3, 0.4) is 0 Å². The van der Waals surface area contributed by atoms with Gasteiger partial charge in [0, 0.05) is 19.2 Å². The minimum absolute atomic E-state index is 0.0836. The van der Waals surface area contributed by atoms with Crippen LogP contribution in [0.4, 0.5) is 0 Å². The summed E-state index contributed by atoms with van der Waals surface area (Å²) in [5.74, 6) is 0.369. The average molecular weight is 168 g/mol. The van der Waals surface area contributed by atoms with Crippen molar-refractivity contribution in [2.75, 3.05) is 0 Å². The molecule has 0 bridgehead atoms. The standard InChI is InChI=1S/C8H12N2O2/c1-6(2)12-8-4-5-10(9-8)7(3)11/h4-6H,1-3H3. The second kappa shape index (κ2) is 3.38. The molecule has 4 nitrogen and oxygen atoms in total. The van der Waals surface area contributed by atoms with Gasteiger partial charge in [-0.15, -0.1) is 5.10 Å². The topological polar surface area (TPSA) is 44.1 Å². The first-order chi connectivity index (χ1) is 5.59. The molecule has 0 fully saturated rings. The summed E-state index contributed by atoms with van der Waals surface area (Å²) < 4.78 is 6.51. The molecule has 0 radical (unpaired) electrons. The van der Waals surface area contributed by atoms with Crippen molar-refractivity contribution >= 4 is 5.91 Å². The third-order valence-corrected chi connectivity index (χ3v) is 1.24. The fourth-order valence-corrected chi connectivity index (χ4v) is 0.787. The lowest BCUT2D eigenvalue weighted by Crippen LogP contribution is -2.09. The van der Waals surface area contributed by atoms with E-state index in [4.69, 9.17) is 4.74 Å². The largest absolute Gasteiger partial charge is 0.474 e. The summed E-state index contributed by atoms with van der Waals surface area (Å²) in [6, 6.07) is 1.67. The van der Waals surface area contributed by atoms with Gasteiger partial charge in [-0.1, -0.05) is 0 Å². The highest BCUT2D eigenvalue weighted by Gasteiger charge is 2.03. The summed E-state index contributed by atoms with van der Waals surface area (Å²) in [4.78, 5) is 10.8. The van der Waals surface area contributed by atoms with Gasteiger partial charge in [-0.05, 0) is 13.8 Å². The molecule has 0 amide bonds. The molecular formula is C8H12N2O2. The predicted molar refractivity (Wildman–Crippen MR) is 44.3 cm³/mol. The maximum Gasteiger partial charge on any atom is 0.243 e. The van der Waals surface area contributed by atoms with Crippen LogP contribution in [-0.4, -0.2) is 21.8 Å². The lowest BCUT2D eigenvalue weighted by atomic mass is 10.5. The zero-order valence-electron chi connectivity index (χ0n) is 7.44. The lowest BCUT2D eigenvalue weighted by Gasteiger charge is -2.04. The van der Waals surface area contributed by atoms with E-state index in [2.05, 4.69) is 5.10 Å². The van der Waals surface area contributed by atoms with E-state index in [-0.39, 0.29) is 12.0 Å². The van der Waals surface area contributed by atoms with Crippen molar-refractivity contribution in [2.45, 2.75) is 26.9 Å². The summed E-state index contributed by atoms with van der Waals surface area (Å²) in [6.07, 6.45) is 1.67. The van der Waals surface area contributed by atoms with Gasteiger partial charge in [0.15, 0.2) is 0 Å². The SMILES string of the molecule is CC(=O)n1ccc(OC(C)C)n1. The predicted octanol–water partition coefficient (Wildman–Crippen LogP) is 1.33. The van der Waals surface area contributed by atoms with E-state index in [0.29, 0.717) is 5.88 Å². The van der Waals surface area contributed by atoms with Crippen molar-refractivity contribution in [1.29, 1.82) is 0 Å². The summed E-state index contributed by atoms with van der Waals surface area (Å²) >= 11 is 0. The zero-order chi connectivity index (χ0) is 9.14. The molecule has 0 atom stereocenters. The van der Waals surface area contributed by atoms with Gasteiger partial charge < -0.3 is 4.74 Å². The molecule has 12 heavy (non-hydrogen) atoms. The molecule has 66 valence electrons. The molecule has 0 aliphatic heterocycles. The Kier molecular flexibility index (Phi) is 2.47. The number of ether oxygens (including phenoxy) is 1. The molecular weight excluding hydrogens is 156 g/mol. The summed E-state index contributed by atoms with van der Waals surface area (Å²) in [5.41, 5.74) is 0. The van der Waals surface area contributed by atoms with Crippen LogP contribution in [0.25, 0.3) is 0 Å². The van der Waals surface area contributed by atoms with Crippen LogP contribution < -0.4 is 4.74 Å². The maximum absolute atomic E-state index is 10.8. The van der Waals surface area contributed by atoms with Crippen LogP contribution in [0.1, 0.15) is 25.6 Å². The Hall–Kier alpha value is -1.32. The maximum atomic E-state index is 10.8. The van der Waals surface area contributed by atoms with Crippen LogP contribution in [-0.2, 0) is 0 Å². The van der Waals surface area contributed by atoms with E-state index >= 15 is 0 Å². The van der Waals surface area contributed by atoms with Crippen LogP contribution in [0.2, 0.25) is 0 Å². The second-order valence-corrected chi connectivity index (χ2v) is 2.78. The zero-order valence-corrected chi connectivity index (χ0v) is 7.44. The highest BCUT2D eigenvalue weighted by Crippen LogP contribution is 2.07. The molecule has 1 rings (SSSR count). The lowest BCUT2D eigenvalue weighted by molar-refractivity contribution is 0.0917. The molecule has 0 aromatic carbocycles. The number of nitrogens with zero attached hydrogens (tertiary/aromatic N) is 2. The molecule has 1 aromatic rings. The third kappa shape index (κ3) is 2.08. The number of hydrogen-bond donors (Lipinski definition) is 0. The Bertz CT molecular complexity index is 278. The molecule has 1 aromatic heterocycles.